The lowest BCUT2D eigenvalue weighted by Crippen LogP contribution is -2.09. The molecule has 5 nitrogen and oxygen atoms in total. The standard InChI is InChI=1S/C15H15NO4/c1-9-4-5-10(2)16(9)12-6-7-13(15(18)19)14(8-12)20-11(3)17/h4-8H,1-3H3,(H,18,19). The molecule has 0 aliphatic heterocycles. The molecular weight excluding hydrogens is 258 g/mol. The molecule has 2 rings (SSSR count). The molecule has 0 radical (unpaired) electrons. The average molecular weight is 273 g/mol. The van der Waals surface area contributed by atoms with Crippen molar-refractivity contribution in [3.63, 3.8) is 0 Å². The van der Waals surface area contributed by atoms with Gasteiger partial charge in [0.1, 0.15) is 11.3 Å². The second kappa shape index (κ2) is 5.21. The Labute approximate surface area is 116 Å². The topological polar surface area (TPSA) is 68.5 Å². The number of esters is 1. The van der Waals surface area contributed by atoms with Gasteiger partial charge in [0.15, 0.2) is 0 Å². The molecular formula is C15H15NO4. The number of aryl methyl sites for hydroxylation is 2. The monoisotopic (exact) mass is 273 g/mol. The zero-order chi connectivity index (χ0) is 14.9. The van der Waals surface area contributed by atoms with Crippen molar-refractivity contribution >= 4 is 11.9 Å². The van der Waals surface area contributed by atoms with Crippen LogP contribution in [0.15, 0.2) is 30.3 Å². The van der Waals surface area contributed by atoms with Crippen molar-refractivity contribution in [2.45, 2.75) is 20.8 Å². The molecule has 0 aliphatic rings. The van der Waals surface area contributed by atoms with Gasteiger partial charge in [-0.3, -0.25) is 4.79 Å². The van der Waals surface area contributed by atoms with Crippen molar-refractivity contribution in [3.05, 3.63) is 47.3 Å². The van der Waals surface area contributed by atoms with E-state index in [9.17, 15) is 9.59 Å². The number of rotatable bonds is 3. The van der Waals surface area contributed by atoms with Crippen molar-refractivity contribution < 1.29 is 19.4 Å². The molecule has 1 aromatic carbocycles. The zero-order valence-corrected chi connectivity index (χ0v) is 11.5. The highest BCUT2D eigenvalue weighted by Gasteiger charge is 2.15. The molecule has 0 unspecified atom stereocenters. The largest absolute Gasteiger partial charge is 0.478 e. The predicted molar refractivity (Wildman–Crippen MR) is 73.5 cm³/mol. The number of aromatic carboxylic acids is 1. The fourth-order valence-electron chi connectivity index (χ4n) is 2.14. The number of aromatic nitrogens is 1. The van der Waals surface area contributed by atoms with Gasteiger partial charge < -0.3 is 14.4 Å². The van der Waals surface area contributed by atoms with Crippen LogP contribution in [0.5, 0.6) is 5.75 Å². The number of carboxylic acids is 1. The summed E-state index contributed by atoms with van der Waals surface area (Å²) in [6, 6.07) is 8.62. The van der Waals surface area contributed by atoms with E-state index in [2.05, 4.69) is 0 Å². The Kier molecular flexibility index (Phi) is 3.61. The normalized spacial score (nSPS) is 10.3. The predicted octanol–water partition coefficient (Wildman–Crippen LogP) is 2.72. The summed E-state index contributed by atoms with van der Waals surface area (Å²) in [5, 5.41) is 9.11. The molecule has 5 heteroatoms. The molecule has 1 aromatic heterocycles. The third-order valence-corrected chi connectivity index (χ3v) is 2.98. The average Bonchev–Trinajstić information content (AvgIpc) is 2.68. The molecule has 0 spiro atoms. The number of hydrogen-bond donors (Lipinski definition) is 1. The van der Waals surface area contributed by atoms with E-state index in [1.165, 1.54) is 13.0 Å². The molecule has 0 saturated heterocycles. The van der Waals surface area contributed by atoms with Crippen molar-refractivity contribution in [1.29, 1.82) is 0 Å². The van der Waals surface area contributed by atoms with Crippen LogP contribution >= 0.6 is 0 Å². The minimum atomic E-state index is -1.13. The lowest BCUT2D eigenvalue weighted by molar-refractivity contribution is -0.131. The maximum atomic E-state index is 11.1. The molecule has 0 aliphatic carbocycles. The van der Waals surface area contributed by atoms with Crippen LogP contribution in [0.2, 0.25) is 0 Å². The zero-order valence-electron chi connectivity index (χ0n) is 11.5. The number of benzene rings is 1. The Hall–Kier alpha value is -2.56. The van der Waals surface area contributed by atoms with Gasteiger partial charge in [-0.25, -0.2) is 4.79 Å². The van der Waals surface area contributed by atoms with Crippen molar-refractivity contribution in [1.82, 2.24) is 4.57 Å². The fraction of sp³-hybridized carbons (Fsp3) is 0.200. The minimum absolute atomic E-state index is 0.0357. The molecule has 1 N–H and O–H groups in total. The summed E-state index contributed by atoms with van der Waals surface area (Å²) in [6.45, 7) is 5.14. The highest BCUT2D eigenvalue weighted by atomic mass is 16.5. The van der Waals surface area contributed by atoms with Crippen molar-refractivity contribution in [2.75, 3.05) is 0 Å². The Balaban J connectivity index is 2.57. The number of carbonyl (C=O) groups excluding carboxylic acids is 1. The number of carboxylic acid groups (broad SMARTS) is 1. The third-order valence-electron chi connectivity index (χ3n) is 2.98. The lowest BCUT2D eigenvalue weighted by atomic mass is 10.1. The van der Waals surface area contributed by atoms with E-state index >= 15 is 0 Å². The maximum absolute atomic E-state index is 11.1. The number of nitrogens with zero attached hydrogens (tertiary/aromatic N) is 1. The Morgan fingerprint density at radius 2 is 1.70 bits per heavy atom. The second-order valence-electron chi connectivity index (χ2n) is 4.53. The summed E-state index contributed by atoms with van der Waals surface area (Å²) in [4.78, 5) is 22.2. The van der Waals surface area contributed by atoms with Crippen LogP contribution in [-0.4, -0.2) is 21.6 Å². The number of hydrogen-bond acceptors (Lipinski definition) is 3. The van der Waals surface area contributed by atoms with Crippen LogP contribution in [0.4, 0.5) is 0 Å². The fourth-order valence-corrected chi connectivity index (χ4v) is 2.14. The van der Waals surface area contributed by atoms with E-state index < -0.39 is 11.9 Å². The quantitative estimate of drug-likeness (QED) is 0.689. The summed E-state index contributed by atoms with van der Waals surface area (Å²) >= 11 is 0. The van der Waals surface area contributed by atoms with Crippen LogP contribution in [-0.2, 0) is 4.79 Å². The van der Waals surface area contributed by atoms with Crippen LogP contribution < -0.4 is 4.74 Å². The SMILES string of the molecule is CC(=O)Oc1cc(-n2c(C)ccc2C)ccc1C(=O)O. The van der Waals surface area contributed by atoms with Crippen LogP contribution in [0.3, 0.4) is 0 Å². The summed E-state index contributed by atoms with van der Waals surface area (Å²) in [7, 11) is 0. The summed E-state index contributed by atoms with van der Waals surface area (Å²) < 4.78 is 6.95. The maximum Gasteiger partial charge on any atom is 0.339 e. The molecule has 0 bridgehead atoms. The van der Waals surface area contributed by atoms with Gasteiger partial charge in [0, 0.05) is 30.1 Å². The van der Waals surface area contributed by atoms with E-state index in [4.69, 9.17) is 9.84 Å². The van der Waals surface area contributed by atoms with E-state index in [0.717, 1.165) is 17.1 Å². The molecule has 20 heavy (non-hydrogen) atoms. The van der Waals surface area contributed by atoms with E-state index in [1.54, 1.807) is 12.1 Å². The highest BCUT2D eigenvalue weighted by molar-refractivity contribution is 5.92. The van der Waals surface area contributed by atoms with Crippen LogP contribution in [0, 0.1) is 13.8 Å². The van der Waals surface area contributed by atoms with Gasteiger partial charge in [-0.15, -0.1) is 0 Å². The summed E-state index contributed by atoms with van der Waals surface area (Å²) in [5.41, 5.74) is 2.75. The molecule has 0 fully saturated rings. The first-order chi connectivity index (χ1) is 9.40. The Morgan fingerprint density at radius 3 is 2.20 bits per heavy atom. The van der Waals surface area contributed by atoms with Gasteiger partial charge in [-0.1, -0.05) is 0 Å². The molecule has 0 amide bonds. The van der Waals surface area contributed by atoms with Crippen molar-refractivity contribution in [2.24, 2.45) is 0 Å². The van der Waals surface area contributed by atoms with Crippen molar-refractivity contribution in [3.8, 4) is 11.4 Å². The van der Waals surface area contributed by atoms with Gasteiger partial charge in [0.25, 0.3) is 0 Å². The van der Waals surface area contributed by atoms with Crippen LogP contribution in [0.25, 0.3) is 5.69 Å². The minimum Gasteiger partial charge on any atom is -0.478 e. The van der Waals surface area contributed by atoms with E-state index in [0.29, 0.717) is 0 Å². The lowest BCUT2D eigenvalue weighted by Gasteiger charge is -2.12. The van der Waals surface area contributed by atoms with Gasteiger partial charge in [-0.05, 0) is 38.1 Å². The summed E-state index contributed by atoms with van der Waals surface area (Å²) in [6.07, 6.45) is 0. The Morgan fingerprint density at radius 1 is 1.10 bits per heavy atom. The van der Waals surface area contributed by atoms with E-state index in [-0.39, 0.29) is 11.3 Å². The van der Waals surface area contributed by atoms with Gasteiger partial charge in [-0.2, -0.15) is 0 Å². The van der Waals surface area contributed by atoms with Crippen LogP contribution in [0.1, 0.15) is 28.7 Å². The van der Waals surface area contributed by atoms with Gasteiger partial charge in [0.2, 0.25) is 0 Å². The second-order valence-corrected chi connectivity index (χ2v) is 4.53. The molecule has 0 atom stereocenters. The summed E-state index contributed by atoms with van der Waals surface area (Å²) in [5.74, 6) is -1.63. The Bertz CT molecular complexity index is 666. The molecule has 0 saturated carbocycles. The first kappa shape index (κ1) is 13.9. The smallest absolute Gasteiger partial charge is 0.339 e. The van der Waals surface area contributed by atoms with Gasteiger partial charge in [0.05, 0.1) is 0 Å². The molecule has 1 heterocycles. The first-order valence-corrected chi connectivity index (χ1v) is 6.11. The van der Waals surface area contributed by atoms with E-state index in [1.807, 2.05) is 30.5 Å². The molecule has 104 valence electrons. The number of carbonyl (C=O) groups is 2. The third kappa shape index (κ3) is 2.56. The number of ether oxygens (including phenoxy) is 1. The first-order valence-electron chi connectivity index (χ1n) is 6.11. The molecule has 2 aromatic rings. The highest BCUT2D eigenvalue weighted by Crippen LogP contribution is 2.25. The van der Waals surface area contributed by atoms with Gasteiger partial charge >= 0.3 is 11.9 Å².